The highest BCUT2D eigenvalue weighted by Gasteiger charge is 2.45. The van der Waals surface area contributed by atoms with Crippen LogP contribution >= 0.6 is 12.4 Å². The summed E-state index contributed by atoms with van der Waals surface area (Å²) in [7, 11) is 0. The topological polar surface area (TPSA) is 32.3 Å². The van der Waals surface area contributed by atoms with Crippen molar-refractivity contribution >= 4 is 18.3 Å². The van der Waals surface area contributed by atoms with Gasteiger partial charge in [-0.15, -0.1) is 12.4 Å². The first kappa shape index (κ1) is 13.7. The lowest BCUT2D eigenvalue weighted by molar-refractivity contribution is -0.136. The van der Waals surface area contributed by atoms with Gasteiger partial charge in [0.1, 0.15) is 0 Å². The van der Waals surface area contributed by atoms with Crippen LogP contribution in [0.3, 0.4) is 0 Å². The molecule has 3 saturated heterocycles. The molecule has 5 fully saturated rings. The molecule has 0 aromatic carbocycles. The van der Waals surface area contributed by atoms with Crippen LogP contribution in [0.4, 0.5) is 0 Å². The van der Waals surface area contributed by atoms with Crippen LogP contribution in [0.15, 0.2) is 0 Å². The number of nitrogens with one attached hydrogen (secondary N) is 1. The van der Waals surface area contributed by atoms with Crippen LogP contribution in [-0.4, -0.2) is 36.0 Å². The third-order valence-corrected chi connectivity index (χ3v) is 5.75. The van der Waals surface area contributed by atoms with Crippen LogP contribution in [0.1, 0.15) is 44.9 Å². The van der Waals surface area contributed by atoms with Gasteiger partial charge in [0, 0.05) is 12.6 Å². The molecule has 0 spiro atoms. The third kappa shape index (κ3) is 2.40. The van der Waals surface area contributed by atoms with E-state index in [-0.39, 0.29) is 18.4 Å². The fraction of sp³-hybridized carbons (Fsp3) is 0.933. The van der Waals surface area contributed by atoms with Crippen molar-refractivity contribution < 1.29 is 4.79 Å². The zero-order valence-corrected chi connectivity index (χ0v) is 12.3. The Kier molecular flexibility index (Phi) is 3.78. The quantitative estimate of drug-likeness (QED) is 0.801. The van der Waals surface area contributed by atoms with E-state index in [1.807, 2.05) is 0 Å². The molecule has 3 heterocycles. The number of carbonyl (C=O) groups is 1. The molecule has 0 radical (unpaired) electrons. The summed E-state index contributed by atoms with van der Waals surface area (Å²) in [5.74, 6) is 3.10. The first-order chi connectivity index (χ1) is 8.79. The Bertz CT molecular complexity index is 342. The lowest BCUT2D eigenvalue weighted by Gasteiger charge is -2.39. The SMILES string of the molecule is Cl.O=C(C1CCCN1)N1CC2CC3CC(C2)CC1C3. The maximum absolute atomic E-state index is 12.7. The lowest BCUT2D eigenvalue weighted by Crippen LogP contribution is -2.49. The minimum atomic E-state index is 0. The molecule has 5 aliphatic rings. The number of hydrogen-bond acceptors (Lipinski definition) is 2. The van der Waals surface area contributed by atoms with Gasteiger partial charge in [0.25, 0.3) is 0 Å². The van der Waals surface area contributed by atoms with Gasteiger partial charge in [-0.25, -0.2) is 0 Å². The Morgan fingerprint density at radius 2 is 1.68 bits per heavy atom. The van der Waals surface area contributed by atoms with E-state index < -0.39 is 0 Å². The van der Waals surface area contributed by atoms with Crippen molar-refractivity contribution in [2.24, 2.45) is 17.8 Å². The van der Waals surface area contributed by atoms with Crippen molar-refractivity contribution in [2.75, 3.05) is 13.1 Å². The molecule has 108 valence electrons. The highest BCUT2D eigenvalue weighted by Crippen LogP contribution is 2.47. The van der Waals surface area contributed by atoms with Gasteiger partial charge in [-0.1, -0.05) is 0 Å². The fourth-order valence-corrected chi connectivity index (χ4v) is 5.15. The number of nitrogens with zero attached hydrogens (tertiary/aromatic N) is 1. The van der Waals surface area contributed by atoms with Crippen molar-refractivity contribution in [1.82, 2.24) is 10.2 Å². The Morgan fingerprint density at radius 1 is 1.00 bits per heavy atom. The highest BCUT2D eigenvalue weighted by atomic mass is 35.5. The number of carbonyl (C=O) groups excluding carboxylic acids is 1. The van der Waals surface area contributed by atoms with Crippen molar-refractivity contribution in [3.05, 3.63) is 0 Å². The van der Waals surface area contributed by atoms with E-state index in [0.717, 1.165) is 37.3 Å². The van der Waals surface area contributed by atoms with E-state index in [1.165, 1.54) is 38.5 Å². The molecule has 0 aromatic heterocycles. The van der Waals surface area contributed by atoms with Crippen molar-refractivity contribution in [3.8, 4) is 0 Å². The van der Waals surface area contributed by atoms with E-state index in [9.17, 15) is 4.79 Å². The number of halogens is 1. The summed E-state index contributed by atoms with van der Waals surface area (Å²) in [6.07, 6.45) is 9.07. The minimum Gasteiger partial charge on any atom is -0.338 e. The predicted molar refractivity (Wildman–Crippen MR) is 77.3 cm³/mol. The lowest BCUT2D eigenvalue weighted by atomic mass is 9.68. The van der Waals surface area contributed by atoms with Gasteiger partial charge in [-0.3, -0.25) is 4.79 Å². The molecule has 4 bridgehead atoms. The largest absolute Gasteiger partial charge is 0.338 e. The van der Waals surface area contributed by atoms with Gasteiger partial charge >= 0.3 is 0 Å². The molecular weight excluding hydrogens is 260 g/mol. The van der Waals surface area contributed by atoms with E-state index in [0.29, 0.717) is 11.9 Å². The molecule has 1 amide bonds. The first-order valence-corrected chi connectivity index (χ1v) is 7.83. The van der Waals surface area contributed by atoms with Gasteiger partial charge < -0.3 is 10.2 Å². The summed E-state index contributed by atoms with van der Waals surface area (Å²) in [4.78, 5) is 15.0. The van der Waals surface area contributed by atoms with Gasteiger partial charge in [-0.05, 0) is 69.2 Å². The second-order valence-electron chi connectivity index (χ2n) is 7.07. The summed E-state index contributed by atoms with van der Waals surface area (Å²) in [5, 5.41) is 3.39. The average molecular weight is 285 g/mol. The molecular formula is C15H25ClN2O. The summed E-state index contributed by atoms with van der Waals surface area (Å²) >= 11 is 0. The fourth-order valence-electron chi connectivity index (χ4n) is 5.15. The summed E-state index contributed by atoms with van der Waals surface area (Å²) in [6.45, 7) is 2.10. The minimum absolute atomic E-state index is 0. The van der Waals surface area contributed by atoms with Crippen LogP contribution < -0.4 is 5.32 Å². The predicted octanol–water partition coefficient (Wildman–Crippen LogP) is 2.20. The molecule has 1 N–H and O–H groups in total. The van der Waals surface area contributed by atoms with Gasteiger partial charge in [0.05, 0.1) is 6.04 Å². The van der Waals surface area contributed by atoms with Crippen molar-refractivity contribution in [1.29, 1.82) is 0 Å². The second kappa shape index (κ2) is 5.25. The molecule has 3 unspecified atom stereocenters. The zero-order chi connectivity index (χ0) is 12.1. The first-order valence-electron chi connectivity index (χ1n) is 7.83. The summed E-state index contributed by atoms with van der Waals surface area (Å²) < 4.78 is 0. The van der Waals surface area contributed by atoms with E-state index in [4.69, 9.17) is 0 Å². The summed E-state index contributed by atoms with van der Waals surface area (Å²) in [5.41, 5.74) is 0. The molecule has 3 aliphatic heterocycles. The molecule has 5 rings (SSSR count). The van der Waals surface area contributed by atoms with Crippen LogP contribution in [0.25, 0.3) is 0 Å². The van der Waals surface area contributed by atoms with Gasteiger partial charge in [-0.2, -0.15) is 0 Å². The van der Waals surface area contributed by atoms with Crippen molar-refractivity contribution in [2.45, 2.75) is 57.0 Å². The highest BCUT2D eigenvalue weighted by molar-refractivity contribution is 5.85. The second-order valence-corrected chi connectivity index (χ2v) is 7.07. The molecule has 19 heavy (non-hydrogen) atoms. The average Bonchev–Trinajstić information content (AvgIpc) is 2.80. The molecule has 3 atom stereocenters. The molecule has 0 aromatic rings. The Hall–Kier alpha value is -0.280. The standard InChI is InChI=1S/C15H24N2O.ClH/c18-15(14-2-1-3-16-14)17-9-12-5-10-4-11(6-12)8-13(17)7-10;/h10-14,16H,1-9H2;1H. The van der Waals surface area contributed by atoms with Crippen LogP contribution in [0.2, 0.25) is 0 Å². The third-order valence-electron chi connectivity index (χ3n) is 5.75. The maximum atomic E-state index is 12.7. The van der Waals surface area contributed by atoms with Crippen LogP contribution in [0.5, 0.6) is 0 Å². The molecule has 4 heteroatoms. The molecule has 3 nitrogen and oxygen atoms in total. The van der Waals surface area contributed by atoms with Gasteiger partial charge in [0.15, 0.2) is 0 Å². The van der Waals surface area contributed by atoms with Gasteiger partial charge in [0.2, 0.25) is 5.91 Å². The molecule has 2 aliphatic carbocycles. The smallest absolute Gasteiger partial charge is 0.239 e. The van der Waals surface area contributed by atoms with Crippen LogP contribution in [0, 0.1) is 17.8 Å². The normalized spacial score (nSPS) is 44.0. The van der Waals surface area contributed by atoms with Crippen LogP contribution in [-0.2, 0) is 4.79 Å². The zero-order valence-electron chi connectivity index (χ0n) is 11.5. The Balaban J connectivity index is 0.00000110. The number of fused-ring (bicyclic) bond motifs is 1. The summed E-state index contributed by atoms with van der Waals surface area (Å²) in [6, 6.07) is 0.719. The number of rotatable bonds is 1. The van der Waals surface area contributed by atoms with E-state index >= 15 is 0 Å². The van der Waals surface area contributed by atoms with Crippen molar-refractivity contribution in [3.63, 3.8) is 0 Å². The van der Waals surface area contributed by atoms with E-state index in [2.05, 4.69) is 10.2 Å². The number of hydrogen-bond donors (Lipinski definition) is 1. The maximum Gasteiger partial charge on any atom is 0.239 e. The number of amides is 1. The Labute approximate surface area is 121 Å². The van der Waals surface area contributed by atoms with E-state index in [1.54, 1.807) is 0 Å². The monoisotopic (exact) mass is 284 g/mol. The Morgan fingerprint density at radius 3 is 2.32 bits per heavy atom. The molecule has 2 saturated carbocycles.